The average Bonchev–Trinajstić information content (AvgIpc) is 3.51. The molecule has 0 unspecified atom stereocenters. The van der Waals surface area contributed by atoms with Crippen molar-refractivity contribution in [3.63, 3.8) is 0 Å². The molecule has 7 nitrogen and oxygen atoms in total. The van der Waals surface area contributed by atoms with E-state index in [1.807, 2.05) is 19.9 Å². The number of aromatic nitrogens is 1. The van der Waals surface area contributed by atoms with E-state index in [1.54, 1.807) is 24.4 Å². The van der Waals surface area contributed by atoms with Crippen LogP contribution in [0.5, 0.6) is 5.88 Å². The molecule has 8 heteroatoms. The minimum Gasteiger partial charge on any atom is -0.475 e. The number of pyridine rings is 1. The number of amides is 1. The molecule has 2 N–H and O–H groups in total. The minimum atomic E-state index is -0.875. The number of carbonyl (C=O) groups excluding carboxylic acids is 1. The zero-order valence-corrected chi connectivity index (χ0v) is 20.0. The first kappa shape index (κ1) is 24.4. The van der Waals surface area contributed by atoms with E-state index < -0.39 is 12.1 Å². The van der Waals surface area contributed by atoms with Gasteiger partial charge in [-0.2, -0.15) is 0 Å². The molecule has 1 aromatic heterocycles. The summed E-state index contributed by atoms with van der Waals surface area (Å²) in [6.45, 7) is 7.72. The highest BCUT2D eigenvalue weighted by Gasteiger charge is 2.33. The number of benzene rings is 1. The third kappa shape index (κ3) is 6.24. The van der Waals surface area contributed by atoms with Gasteiger partial charge in [0, 0.05) is 43.1 Å². The molecular formula is C26H35FN4O3. The Morgan fingerprint density at radius 2 is 1.91 bits per heavy atom. The summed E-state index contributed by atoms with van der Waals surface area (Å²) in [4.78, 5) is 21.9. The molecule has 2 aliphatic rings. The summed E-state index contributed by atoms with van der Waals surface area (Å²) in [5.41, 5.74) is 1.57. The second-order valence-electron chi connectivity index (χ2n) is 9.57. The highest BCUT2D eigenvalue weighted by molar-refractivity contribution is 5.80. The zero-order chi connectivity index (χ0) is 24.1. The van der Waals surface area contributed by atoms with Crippen molar-refractivity contribution in [2.45, 2.75) is 51.4 Å². The number of halogens is 1. The summed E-state index contributed by atoms with van der Waals surface area (Å²) in [6.07, 6.45) is 3.76. The number of aliphatic hydroxyl groups excluding tert-OH is 1. The molecule has 0 radical (unpaired) electrons. The SMILES string of the molecule is CC(C)Oc1ccc([C@@H](O)[C@@H](CN2CCCC2)NC(=O)[C@@H]2CCN(c3ccc(F)cc3)C2)cn1. The molecule has 2 aliphatic heterocycles. The molecule has 0 aliphatic carbocycles. The molecule has 3 heterocycles. The van der Waals surface area contributed by atoms with Gasteiger partial charge in [-0.3, -0.25) is 4.79 Å². The maximum Gasteiger partial charge on any atom is 0.225 e. The van der Waals surface area contributed by atoms with Crippen LogP contribution >= 0.6 is 0 Å². The Labute approximate surface area is 200 Å². The van der Waals surface area contributed by atoms with Crippen molar-refractivity contribution in [2.24, 2.45) is 5.92 Å². The molecule has 34 heavy (non-hydrogen) atoms. The van der Waals surface area contributed by atoms with E-state index in [9.17, 15) is 14.3 Å². The number of hydrogen-bond acceptors (Lipinski definition) is 6. The fourth-order valence-electron chi connectivity index (χ4n) is 4.74. The zero-order valence-electron chi connectivity index (χ0n) is 20.0. The largest absolute Gasteiger partial charge is 0.475 e. The minimum absolute atomic E-state index is 0.0198. The first-order valence-corrected chi connectivity index (χ1v) is 12.2. The predicted molar refractivity (Wildman–Crippen MR) is 129 cm³/mol. The van der Waals surface area contributed by atoms with Crippen LogP contribution in [-0.2, 0) is 4.79 Å². The maximum atomic E-state index is 13.3. The van der Waals surface area contributed by atoms with Crippen molar-refractivity contribution >= 4 is 11.6 Å². The van der Waals surface area contributed by atoms with Gasteiger partial charge >= 0.3 is 0 Å². The van der Waals surface area contributed by atoms with Crippen LogP contribution < -0.4 is 15.0 Å². The Bertz CT molecular complexity index is 932. The molecule has 184 valence electrons. The van der Waals surface area contributed by atoms with Gasteiger partial charge in [-0.15, -0.1) is 0 Å². The number of aliphatic hydroxyl groups is 1. The van der Waals surface area contributed by atoms with Gasteiger partial charge < -0.3 is 25.0 Å². The first-order valence-electron chi connectivity index (χ1n) is 12.2. The lowest BCUT2D eigenvalue weighted by Crippen LogP contribution is -2.48. The van der Waals surface area contributed by atoms with Crippen LogP contribution in [0.3, 0.4) is 0 Å². The quantitative estimate of drug-likeness (QED) is 0.586. The van der Waals surface area contributed by atoms with E-state index in [0.29, 0.717) is 24.5 Å². The number of rotatable bonds is 9. The van der Waals surface area contributed by atoms with E-state index in [1.165, 1.54) is 12.1 Å². The summed E-state index contributed by atoms with van der Waals surface area (Å²) in [7, 11) is 0. The molecule has 2 fully saturated rings. The standard InChI is InChI=1S/C26H35FN4O3/c1-18(2)34-24-10-5-19(15-28-24)25(32)23(17-30-12-3-4-13-30)29-26(33)20-11-14-31(16-20)22-8-6-21(27)7-9-22/h5-10,15,18,20,23,25,32H,3-4,11-14,16-17H2,1-2H3,(H,29,33)/t20-,23-,25-/m1/s1. The first-order chi connectivity index (χ1) is 16.4. The van der Waals surface area contributed by atoms with E-state index in [0.717, 1.165) is 44.6 Å². The van der Waals surface area contributed by atoms with Crippen molar-refractivity contribution < 1.29 is 19.0 Å². The summed E-state index contributed by atoms with van der Waals surface area (Å²) in [5.74, 6) is 0.00560. The lowest BCUT2D eigenvalue weighted by Gasteiger charge is -2.29. The maximum absolute atomic E-state index is 13.3. The molecule has 3 atom stereocenters. The van der Waals surface area contributed by atoms with Crippen LogP contribution in [0.1, 0.15) is 44.8 Å². The lowest BCUT2D eigenvalue weighted by atomic mass is 10.0. The molecular weight excluding hydrogens is 435 g/mol. The van der Waals surface area contributed by atoms with Crippen LogP contribution in [0.2, 0.25) is 0 Å². The lowest BCUT2D eigenvalue weighted by molar-refractivity contribution is -0.126. The summed E-state index contributed by atoms with van der Waals surface area (Å²) >= 11 is 0. The molecule has 4 rings (SSSR count). The van der Waals surface area contributed by atoms with Gasteiger partial charge in [0.1, 0.15) is 11.9 Å². The highest BCUT2D eigenvalue weighted by atomic mass is 19.1. The topological polar surface area (TPSA) is 77.9 Å². The number of anilines is 1. The third-order valence-electron chi connectivity index (χ3n) is 6.57. The van der Waals surface area contributed by atoms with Gasteiger partial charge in [-0.25, -0.2) is 9.37 Å². The number of hydrogen-bond donors (Lipinski definition) is 2. The van der Waals surface area contributed by atoms with Crippen LogP contribution in [0.4, 0.5) is 10.1 Å². The molecule has 1 amide bonds. The van der Waals surface area contributed by atoms with Crippen molar-refractivity contribution in [1.29, 1.82) is 0 Å². The van der Waals surface area contributed by atoms with E-state index >= 15 is 0 Å². The van der Waals surface area contributed by atoms with Crippen LogP contribution in [-0.4, -0.2) is 65.8 Å². The Kier molecular flexibility index (Phi) is 8.00. The van der Waals surface area contributed by atoms with Gasteiger partial charge in [0.05, 0.1) is 18.1 Å². The predicted octanol–water partition coefficient (Wildman–Crippen LogP) is 3.15. The van der Waals surface area contributed by atoms with Crippen molar-refractivity contribution in [1.82, 2.24) is 15.2 Å². The average molecular weight is 471 g/mol. The number of ether oxygens (including phenoxy) is 1. The second kappa shape index (κ2) is 11.1. The summed E-state index contributed by atoms with van der Waals surface area (Å²) < 4.78 is 18.9. The van der Waals surface area contributed by atoms with Crippen LogP contribution in [0, 0.1) is 11.7 Å². The van der Waals surface area contributed by atoms with Gasteiger partial charge in [0.2, 0.25) is 11.8 Å². The molecule has 0 saturated carbocycles. The smallest absolute Gasteiger partial charge is 0.225 e. The van der Waals surface area contributed by atoms with Crippen LogP contribution in [0.25, 0.3) is 0 Å². The number of nitrogens with one attached hydrogen (secondary N) is 1. The van der Waals surface area contributed by atoms with Gasteiger partial charge in [-0.05, 0) is 76.5 Å². The Hall–Kier alpha value is -2.71. The number of carbonyl (C=O) groups is 1. The monoisotopic (exact) mass is 470 g/mol. The Morgan fingerprint density at radius 3 is 2.56 bits per heavy atom. The molecule has 0 spiro atoms. The van der Waals surface area contributed by atoms with Gasteiger partial charge in [0.25, 0.3) is 0 Å². The molecule has 1 aromatic carbocycles. The normalized spacial score (nSPS) is 20.5. The van der Waals surface area contributed by atoms with Crippen molar-refractivity contribution in [3.8, 4) is 5.88 Å². The summed E-state index contributed by atoms with van der Waals surface area (Å²) in [6, 6.07) is 9.50. The van der Waals surface area contributed by atoms with Crippen LogP contribution in [0.15, 0.2) is 42.6 Å². The molecule has 0 bridgehead atoms. The molecule has 2 saturated heterocycles. The fraction of sp³-hybridized carbons (Fsp3) is 0.538. The Balaban J connectivity index is 1.42. The summed E-state index contributed by atoms with van der Waals surface area (Å²) in [5, 5.41) is 14.3. The number of nitrogens with zero attached hydrogens (tertiary/aromatic N) is 3. The highest BCUT2D eigenvalue weighted by Crippen LogP contribution is 2.26. The van der Waals surface area contributed by atoms with Gasteiger partial charge in [0.15, 0.2) is 0 Å². The van der Waals surface area contributed by atoms with E-state index in [4.69, 9.17) is 4.74 Å². The van der Waals surface area contributed by atoms with Gasteiger partial charge in [-0.1, -0.05) is 0 Å². The van der Waals surface area contributed by atoms with Crippen molar-refractivity contribution in [2.75, 3.05) is 37.6 Å². The third-order valence-corrected chi connectivity index (χ3v) is 6.57. The molecule has 2 aromatic rings. The van der Waals surface area contributed by atoms with E-state index in [2.05, 4.69) is 20.1 Å². The fourth-order valence-corrected chi connectivity index (χ4v) is 4.74. The Morgan fingerprint density at radius 1 is 1.18 bits per heavy atom. The van der Waals surface area contributed by atoms with E-state index in [-0.39, 0.29) is 23.7 Å². The van der Waals surface area contributed by atoms with Crippen molar-refractivity contribution in [3.05, 3.63) is 54.0 Å². The second-order valence-corrected chi connectivity index (χ2v) is 9.57. The number of likely N-dealkylation sites (tertiary alicyclic amines) is 1.